The molecule has 82 valence electrons. The van der Waals surface area contributed by atoms with Crippen molar-refractivity contribution in [2.45, 2.75) is 51.9 Å². The number of carbonyl (C=O) groups is 1. The number of rotatable bonds is 8. The lowest BCUT2D eigenvalue weighted by molar-refractivity contribution is -0.131. The van der Waals surface area contributed by atoms with Gasteiger partial charge in [-0.25, -0.2) is 4.79 Å². The Kier molecular flexibility index (Phi) is 7.99. The standard InChI is InChI=1S/C11H20O3/c1-2-3-4-5-6-7-8-10(12)9-11(13)14/h9,12H,2-8H2,1H3,(H,13,14). The van der Waals surface area contributed by atoms with Gasteiger partial charge in [-0.3, -0.25) is 0 Å². The average molecular weight is 200 g/mol. The summed E-state index contributed by atoms with van der Waals surface area (Å²) in [5.74, 6) is -1.10. The van der Waals surface area contributed by atoms with E-state index in [1.165, 1.54) is 25.7 Å². The number of carboxylic acid groups (broad SMARTS) is 1. The lowest BCUT2D eigenvalue weighted by Crippen LogP contribution is -1.92. The molecule has 0 spiro atoms. The number of hydrogen-bond acceptors (Lipinski definition) is 2. The molecule has 0 radical (unpaired) electrons. The van der Waals surface area contributed by atoms with Gasteiger partial charge in [0.25, 0.3) is 0 Å². The molecule has 0 aliphatic heterocycles. The highest BCUT2D eigenvalue weighted by molar-refractivity contribution is 5.80. The van der Waals surface area contributed by atoms with E-state index in [2.05, 4.69) is 6.92 Å². The third-order valence-corrected chi connectivity index (χ3v) is 2.08. The van der Waals surface area contributed by atoms with Crippen LogP contribution in [-0.2, 0) is 4.79 Å². The number of aliphatic hydroxyl groups is 1. The third-order valence-electron chi connectivity index (χ3n) is 2.08. The summed E-state index contributed by atoms with van der Waals surface area (Å²) in [5, 5.41) is 17.4. The fourth-order valence-electron chi connectivity index (χ4n) is 1.30. The first-order valence-corrected chi connectivity index (χ1v) is 5.29. The molecule has 0 aliphatic carbocycles. The summed E-state index contributed by atoms with van der Waals surface area (Å²) in [6, 6.07) is 0. The lowest BCUT2D eigenvalue weighted by atomic mass is 10.1. The van der Waals surface area contributed by atoms with Crippen molar-refractivity contribution in [2.24, 2.45) is 0 Å². The number of aliphatic carboxylic acids is 1. The van der Waals surface area contributed by atoms with Crippen LogP contribution in [0.5, 0.6) is 0 Å². The van der Waals surface area contributed by atoms with Crippen LogP contribution in [0, 0.1) is 0 Å². The van der Waals surface area contributed by atoms with E-state index in [0.29, 0.717) is 6.42 Å². The van der Waals surface area contributed by atoms with Crippen molar-refractivity contribution in [3.63, 3.8) is 0 Å². The summed E-state index contributed by atoms with van der Waals surface area (Å²) in [7, 11) is 0. The van der Waals surface area contributed by atoms with Gasteiger partial charge in [0.05, 0.1) is 11.8 Å². The van der Waals surface area contributed by atoms with E-state index < -0.39 is 5.97 Å². The van der Waals surface area contributed by atoms with Crippen LogP contribution in [0.25, 0.3) is 0 Å². The van der Waals surface area contributed by atoms with E-state index >= 15 is 0 Å². The monoisotopic (exact) mass is 200 g/mol. The fraction of sp³-hybridized carbons (Fsp3) is 0.727. The molecule has 0 fully saturated rings. The first-order chi connectivity index (χ1) is 6.66. The molecule has 0 aromatic heterocycles. The van der Waals surface area contributed by atoms with Gasteiger partial charge >= 0.3 is 5.97 Å². The van der Waals surface area contributed by atoms with Crippen molar-refractivity contribution >= 4 is 5.97 Å². The molecule has 0 saturated heterocycles. The average Bonchev–Trinajstić information content (AvgIpc) is 2.10. The Hall–Kier alpha value is -0.990. The Bertz CT molecular complexity index is 185. The molecule has 3 heteroatoms. The van der Waals surface area contributed by atoms with Gasteiger partial charge in [-0.05, 0) is 6.42 Å². The predicted molar refractivity (Wildman–Crippen MR) is 56.3 cm³/mol. The zero-order valence-corrected chi connectivity index (χ0v) is 8.83. The van der Waals surface area contributed by atoms with Crippen LogP contribution in [0.4, 0.5) is 0 Å². The lowest BCUT2D eigenvalue weighted by Gasteiger charge is -2.00. The summed E-state index contributed by atoms with van der Waals surface area (Å²) >= 11 is 0. The molecule has 14 heavy (non-hydrogen) atoms. The Morgan fingerprint density at radius 2 is 1.64 bits per heavy atom. The largest absolute Gasteiger partial charge is 0.512 e. The van der Waals surface area contributed by atoms with Crippen LogP contribution in [-0.4, -0.2) is 16.2 Å². The van der Waals surface area contributed by atoms with Crippen molar-refractivity contribution < 1.29 is 15.0 Å². The summed E-state index contributed by atoms with van der Waals surface area (Å²) in [4.78, 5) is 10.1. The number of carboxylic acids is 1. The Labute approximate surface area is 85.4 Å². The molecular formula is C11H20O3. The Balaban J connectivity index is 3.31. The second kappa shape index (κ2) is 8.60. The third kappa shape index (κ3) is 9.10. The van der Waals surface area contributed by atoms with Gasteiger partial charge in [-0.2, -0.15) is 0 Å². The topological polar surface area (TPSA) is 57.5 Å². The minimum atomic E-state index is -1.08. The molecular weight excluding hydrogens is 180 g/mol. The molecule has 0 aromatic rings. The second-order valence-electron chi connectivity index (χ2n) is 3.49. The van der Waals surface area contributed by atoms with E-state index in [4.69, 9.17) is 10.2 Å². The van der Waals surface area contributed by atoms with Crippen LogP contribution in [0.2, 0.25) is 0 Å². The minimum absolute atomic E-state index is 0.0204. The van der Waals surface area contributed by atoms with E-state index in [-0.39, 0.29) is 5.76 Å². The summed E-state index contributed by atoms with van der Waals surface area (Å²) in [6.45, 7) is 2.17. The van der Waals surface area contributed by atoms with E-state index in [1.54, 1.807) is 0 Å². The molecule has 0 heterocycles. The van der Waals surface area contributed by atoms with Crippen molar-refractivity contribution in [1.29, 1.82) is 0 Å². The molecule has 0 aliphatic rings. The van der Waals surface area contributed by atoms with E-state index in [9.17, 15) is 4.79 Å². The Morgan fingerprint density at radius 3 is 2.21 bits per heavy atom. The van der Waals surface area contributed by atoms with Gasteiger partial charge in [0.15, 0.2) is 0 Å². The number of hydrogen-bond donors (Lipinski definition) is 2. The normalized spacial score (nSPS) is 11.6. The molecule has 2 N–H and O–H groups in total. The smallest absolute Gasteiger partial charge is 0.331 e. The highest BCUT2D eigenvalue weighted by atomic mass is 16.4. The van der Waals surface area contributed by atoms with Crippen LogP contribution < -0.4 is 0 Å². The molecule has 0 aromatic carbocycles. The Morgan fingerprint density at radius 1 is 1.07 bits per heavy atom. The SMILES string of the molecule is CCCCCCCCC(O)=CC(=O)O. The van der Waals surface area contributed by atoms with Crippen molar-refractivity contribution in [3.8, 4) is 0 Å². The summed E-state index contributed by atoms with van der Waals surface area (Å²) in [6.07, 6.45) is 8.19. The zero-order chi connectivity index (χ0) is 10.8. The van der Waals surface area contributed by atoms with E-state index in [0.717, 1.165) is 18.9 Å². The molecule has 0 unspecified atom stereocenters. The van der Waals surface area contributed by atoms with Crippen molar-refractivity contribution in [3.05, 3.63) is 11.8 Å². The number of aliphatic hydroxyl groups excluding tert-OH is 1. The van der Waals surface area contributed by atoms with Gasteiger partial charge in [0.1, 0.15) is 0 Å². The van der Waals surface area contributed by atoms with Crippen LogP contribution in [0.1, 0.15) is 51.9 Å². The van der Waals surface area contributed by atoms with Gasteiger partial charge in [0, 0.05) is 6.42 Å². The molecule has 0 atom stereocenters. The second-order valence-corrected chi connectivity index (χ2v) is 3.49. The first kappa shape index (κ1) is 13.0. The van der Waals surface area contributed by atoms with Gasteiger partial charge in [0.2, 0.25) is 0 Å². The predicted octanol–water partition coefficient (Wildman–Crippen LogP) is 3.26. The molecule has 0 saturated carbocycles. The van der Waals surface area contributed by atoms with Crippen LogP contribution in [0.15, 0.2) is 11.8 Å². The summed E-state index contributed by atoms with van der Waals surface area (Å²) in [5.41, 5.74) is 0. The molecule has 0 amide bonds. The van der Waals surface area contributed by atoms with Gasteiger partial charge in [-0.15, -0.1) is 0 Å². The van der Waals surface area contributed by atoms with Gasteiger partial charge in [-0.1, -0.05) is 39.0 Å². The molecule has 0 rings (SSSR count). The quantitative estimate of drug-likeness (QED) is 0.359. The molecule has 3 nitrogen and oxygen atoms in total. The highest BCUT2D eigenvalue weighted by Crippen LogP contribution is 2.09. The van der Waals surface area contributed by atoms with E-state index in [1.807, 2.05) is 0 Å². The van der Waals surface area contributed by atoms with Crippen molar-refractivity contribution in [2.75, 3.05) is 0 Å². The number of allylic oxidation sites excluding steroid dienone is 1. The highest BCUT2D eigenvalue weighted by Gasteiger charge is 1.97. The zero-order valence-electron chi connectivity index (χ0n) is 8.83. The maximum atomic E-state index is 10.1. The van der Waals surface area contributed by atoms with Crippen molar-refractivity contribution in [1.82, 2.24) is 0 Å². The molecule has 0 bridgehead atoms. The van der Waals surface area contributed by atoms with Crippen LogP contribution in [0.3, 0.4) is 0 Å². The number of unbranched alkanes of at least 4 members (excludes halogenated alkanes) is 5. The fourth-order valence-corrected chi connectivity index (χ4v) is 1.30. The van der Waals surface area contributed by atoms with Crippen LogP contribution >= 0.6 is 0 Å². The first-order valence-electron chi connectivity index (χ1n) is 5.29. The summed E-state index contributed by atoms with van der Waals surface area (Å²) < 4.78 is 0. The minimum Gasteiger partial charge on any atom is -0.512 e. The maximum Gasteiger partial charge on any atom is 0.331 e. The maximum absolute atomic E-state index is 10.1. The van der Waals surface area contributed by atoms with Gasteiger partial charge < -0.3 is 10.2 Å².